The second-order valence-electron chi connectivity index (χ2n) is 3.16. The summed E-state index contributed by atoms with van der Waals surface area (Å²) in [6.45, 7) is 4.32. The summed E-state index contributed by atoms with van der Waals surface area (Å²) in [5.74, 6) is 0.780. The average molecular weight is 175 g/mol. The summed E-state index contributed by atoms with van der Waals surface area (Å²) in [6.07, 6.45) is 0. The highest BCUT2D eigenvalue weighted by atomic mass is 16.5. The van der Waals surface area contributed by atoms with Crippen LogP contribution in [0.4, 0.5) is 0 Å². The summed E-state index contributed by atoms with van der Waals surface area (Å²) in [4.78, 5) is 0. The van der Waals surface area contributed by atoms with Gasteiger partial charge in [0.2, 0.25) is 0 Å². The van der Waals surface area contributed by atoms with Crippen LogP contribution in [0.15, 0.2) is 24.3 Å². The Balaban J connectivity index is 2.51. The largest absolute Gasteiger partial charge is 0.492 e. The van der Waals surface area contributed by atoms with Gasteiger partial charge in [0.25, 0.3) is 0 Å². The fourth-order valence-corrected chi connectivity index (χ4v) is 0.964. The van der Waals surface area contributed by atoms with Crippen LogP contribution in [0.1, 0.15) is 12.5 Å². The standard InChI is InChI=1S/C11H13NO/c1-9-4-3-5-11(6-9)13-8-10(2)7-12/h3-6,10H,8H2,1-2H3. The second-order valence-corrected chi connectivity index (χ2v) is 3.16. The number of ether oxygens (including phenoxy) is 1. The van der Waals surface area contributed by atoms with E-state index in [0.29, 0.717) is 6.61 Å². The fraction of sp³-hybridized carbons (Fsp3) is 0.364. The normalized spacial score (nSPS) is 11.8. The quantitative estimate of drug-likeness (QED) is 0.707. The van der Waals surface area contributed by atoms with Gasteiger partial charge in [-0.25, -0.2) is 0 Å². The van der Waals surface area contributed by atoms with E-state index < -0.39 is 0 Å². The fourth-order valence-electron chi connectivity index (χ4n) is 0.964. The molecule has 1 aromatic carbocycles. The van der Waals surface area contributed by atoms with Gasteiger partial charge in [0.05, 0.1) is 12.0 Å². The summed E-state index contributed by atoms with van der Waals surface area (Å²) in [5, 5.41) is 8.54. The zero-order valence-electron chi connectivity index (χ0n) is 7.95. The maximum absolute atomic E-state index is 8.54. The Morgan fingerprint density at radius 2 is 2.31 bits per heavy atom. The molecule has 0 aliphatic rings. The summed E-state index contributed by atoms with van der Waals surface area (Å²) >= 11 is 0. The molecule has 1 aromatic rings. The molecule has 0 spiro atoms. The first-order chi connectivity index (χ1) is 6.22. The van der Waals surface area contributed by atoms with E-state index in [2.05, 4.69) is 6.07 Å². The van der Waals surface area contributed by atoms with E-state index in [1.165, 1.54) is 5.56 Å². The van der Waals surface area contributed by atoms with Crippen molar-refractivity contribution in [1.29, 1.82) is 5.26 Å². The highest BCUT2D eigenvalue weighted by Crippen LogP contribution is 2.13. The molecule has 0 aliphatic carbocycles. The van der Waals surface area contributed by atoms with Gasteiger partial charge in [-0.15, -0.1) is 0 Å². The molecular weight excluding hydrogens is 162 g/mol. The van der Waals surface area contributed by atoms with Crippen LogP contribution in [0.5, 0.6) is 5.75 Å². The molecule has 13 heavy (non-hydrogen) atoms. The summed E-state index contributed by atoms with van der Waals surface area (Å²) in [6, 6.07) is 9.95. The molecule has 0 bridgehead atoms. The van der Waals surface area contributed by atoms with E-state index >= 15 is 0 Å². The molecule has 0 saturated heterocycles. The van der Waals surface area contributed by atoms with Crippen LogP contribution in [0.2, 0.25) is 0 Å². The minimum atomic E-state index is -0.0551. The van der Waals surface area contributed by atoms with Crippen molar-refractivity contribution in [2.75, 3.05) is 6.61 Å². The molecule has 2 heteroatoms. The first-order valence-electron chi connectivity index (χ1n) is 4.31. The molecule has 2 nitrogen and oxygen atoms in total. The van der Waals surface area contributed by atoms with Crippen LogP contribution in [-0.4, -0.2) is 6.61 Å². The molecular formula is C11H13NO. The molecule has 68 valence electrons. The Bertz CT molecular complexity index is 314. The van der Waals surface area contributed by atoms with E-state index in [-0.39, 0.29) is 5.92 Å². The highest BCUT2D eigenvalue weighted by molar-refractivity contribution is 5.27. The van der Waals surface area contributed by atoms with Crippen LogP contribution in [-0.2, 0) is 0 Å². The third-order valence-electron chi connectivity index (χ3n) is 1.71. The minimum absolute atomic E-state index is 0.0551. The summed E-state index contributed by atoms with van der Waals surface area (Å²) in [5.41, 5.74) is 1.17. The molecule has 0 amide bonds. The van der Waals surface area contributed by atoms with E-state index in [0.717, 1.165) is 5.75 Å². The van der Waals surface area contributed by atoms with Gasteiger partial charge in [-0.3, -0.25) is 0 Å². The molecule has 0 aromatic heterocycles. The lowest BCUT2D eigenvalue weighted by molar-refractivity contribution is 0.288. The lowest BCUT2D eigenvalue weighted by Gasteiger charge is -2.07. The van der Waals surface area contributed by atoms with Gasteiger partial charge in [-0.05, 0) is 31.5 Å². The van der Waals surface area contributed by atoms with Gasteiger partial charge >= 0.3 is 0 Å². The zero-order chi connectivity index (χ0) is 9.68. The van der Waals surface area contributed by atoms with Gasteiger partial charge < -0.3 is 4.74 Å². The van der Waals surface area contributed by atoms with Crippen molar-refractivity contribution < 1.29 is 4.74 Å². The highest BCUT2D eigenvalue weighted by Gasteiger charge is 2.00. The van der Waals surface area contributed by atoms with Crippen molar-refractivity contribution in [1.82, 2.24) is 0 Å². The molecule has 0 N–H and O–H groups in total. The van der Waals surface area contributed by atoms with Crippen LogP contribution < -0.4 is 4.74 Å². The number of hydrogen-bond donors (Lipinski definition) is 0. The van der Waals surface area contributed by atoms with Crippen LogP contribution in [0.3, 0.4) is 0 Å². The van der Waals surface area contributed by atoms with Gasteiger partial charge in [0.1, 0.15) is 12.4 Å². The van der Waals surface area contributed by atoms with Gasteiger partial charge in [-0.2, -0.15) is 5.26 Å². The lowest BCUT2D eigenvalue weighted by Crippen LogP contribution is -2.05. The van der Waals surface area contributed by atoms with Gasteiger partial charge in [-0.1, -0.05) is 12.1 Å². The van der Waals surface area contributed by atoms with E-state index in [1.807, 2.05) is 38.1 Å². The second kappa shape index (κ2) is 4.51. The predicted molar refractivity (Wildman–Crippen MR) is 51.5 cm³/mol. The molecule has 0 aliphatic heterocycles. The van der Waals surface area contributed by atoms with Crippen molar-refractivity contribution in [3.8, 4) is 11.8 Å². The van der Waals surface area contributed by atoms with Crippen molar-refractivity contribution in [3.05, 3.63) is 29.8 Å². The Labute approximate surface area is 78.8 Å². The predicted octanol–water partition coefficient (Wildman–Crippen LogP) is 2.53. The van der Waals surface area contributed by atoms with Crippen LogP contribution >= 0.6 is 0 Å². The molecule has 0 fully saturated rings. The molecule has 0 heterocycles. The third-order valence-corrected chi connectivity index (χ3v) is 1.71. The first-order valence-corrected chi connectivity index (χ1v) is 4.31. The third kappa shape index (κ3) is 3.16. The number of aryl methyl sites for hydroxylation is 1. The number of rotatable bonds is 3. The molecule has 1 atom stereocenters. The summed E-state index contributed by atoms with van der Waals surface area (Å²) < 4.78 is 5.42. The Hall–Kier alpha value is -1.49. The van der Waals surface area contributed by atoms with Crippen molar-refractivity contribution in [3.63, 3.8) is 0 Å². The van der Waals surface area contributed by atoms with Crippen LogP contribution in [0.25, 0.3) is 0 Å². The van der Waals surface area contributed by atoms with Crippen molar-refractivity contribution in [2.24, 2.45) is 5.92 Å². The molecule has 0 saturated carbocycles. The monoisotopic (exact) mass is 175 g/mol. The average Bonchev–Trinajstić information content (AvgIpc) is 2.14. The molecule has 0 radical (unpaired) electrons. The maximum atomic E-state index is 8.54. The SMILES string of the molecule is Cc1cccc(OCC(C)C#N)c1. The number of nitrogens with zero attached hydrogens (tertiary/aromatic N) is 1. The van der Waals surface area contributed by atoms with E-state index in [1.54, 1.807) is 0 Å². The van der Waals surface area contributed by atoms with E-state index in [4.69, 9.17) is 10.00 Å². The molecule has 1 unspecified atom stereocenters. The smallest absolute Gasteiger partial charge is 0.119 e. The van der Waals surface area contributed by atoms with Gasteiger partial charge in [0, 0.05) is 0 Å². The van der Waals surface area contributed by atoms with Crippen LogP contribution in [0, 0.1) is 24.2 Å². The zero-order valence-corrected chi connectivity index (χ0v) is 7.95. The summed E-state index contributed by atoms with van der Waals surface area (Å²) in [7, 11) is 0. The number of nitriles is 1. The Morgan fingerprint density at radius 3 is 2.92 bits per heavy atom. The van der Waals surface area contributed by atoms with E-state index in [9.17, 15) is 0 Å². The first kappa shape index (κ1) is 9.60. The number of hydrogen-bond acceptors (Lipinski definition) is 2. The lowest BCUT2D eigenvalue weighted by atomic mass is 10.2. The van der Waals surface area contributed by atoms with Gasteiger partial charge in [0.15, 0.2) is 0 Å². The Kier molecular flexibility index (Phi) is 3.33. The van der Waals surface area contributed by atoms with Crippen molar-refractivity contribution in [2.45, 2.75) is 13.8 Å². The minimum Gasteiger partial charge on any atom is -0.492 e. The topological polar surface area (TPSA) is 33.0 Å². The maximum Gasteiger partial charge on any atom is 0.119 e. The van der Waals surface area contributed by atoms with Crippen molar-refractivity contribution >= 4 is 0 Å². The molecule has 1 rings (SSSR count). The number of benzene rings is 1. The Morgan fingerprint density at radius 1 is 1.54 bits per heavy atom.